The molecule has 6 heteroatoms. The molecule has 1 saturated heterocycles. The number of aromatic nitrogens is 1. The van der Waals surface area contributed by atoms with E-state index >= 15 is 0 Å². The normalized spacial score (nSPS) is 16.9. The lowest BCUT2D eigenvalue weighted by molar-refractivity contribution is 0.0913. The van der Waals surface area contributed by atoms with Crippen molar-refractivity contribution in [2.75, 3.05) is 20.2 Å². The lowest BCUT2D eigenvalue weighted by Crippen LogP contribution is -2.34. The minimum absolute atomic E-state index is 0.256. The summed E-state index contributed by atoms with van der Waals surface area (Å²) in [5.41, 5.74) is 3.14. The fourth-order valence-electron chi connectivity index (χ4n) is 3.92. The molecule has 6 nitrogen and oxygen atoms in total. The third-order valence-electron chi connectivity index (χ3n) is 5.51. The van der Waals surface area contributed by atoms with E-state index in [-0.39, 0.29) is 17.6 Å². The van der Waals surface area contributed by atoms with Crippen molar-refractivity contribution in [1.29, 1.82) is 0 Å². The van der Waals surface area contributed by atoms with Gasteiger partial charge in [-0.25, -0.2) is 0 Å². The molecule has 1 fully saturated rings. The van der Waals surface area contributed by atoms with Gasteiger partial charge in [0.05, 0.1) is 12.8 Å². The number of nitrogens with one attached hydrogen (secondary N) is 1. The van der Waals surface area contributed by atoms with Crippen LogP contribution in [0.5, 0.6) is 5.75 Å². The van der Waals surface area contributed by atoms with Crippen LogP contribution in [-0.2, 0) is 13.1 Å². The Morgan fingerprint density at radius 3 is 2.83 bits per heavy atom. The van der Waals surface area contributed by atoms with E-state index in [2.05, 4.69) is 39.6 Å². The molecule has 0 unspecified atom stereocenters. The van der Waals surface area contributed by atoms with Gasteiger partial charge in [-0.1, -0.05) is 47.6 Å². The van der Waals surface area contributed by atoms with Crippen molar-refractivity contribution in [1.82, 2.24) is 15.4 Å². The van der Waals surface area contributed by atoms with Crippen LogP contribution in [-0.4, -0.2) is 36.2 Å². The van der Waals surface area contributed by atoms with Gasteiger partial charge in [0.15, 0.2) is 0 Å². The van der Waals surface area contributed by atoms with Gasteiger partial charge in [0.25, 0.3) is 5.91 Å². The van der Waals surface area contributed by atoms with Crippen LogP contribution in [0.15, 0.2) is 65.2 Å². The van der Waals surface area contributed by atoms with Gasteiger partial charge in [-0.2, -0.15) is 0 Å². The van der Waals surface area contributed by atoms with Crippen molar-refractivity contribution in [3.8, 4) is 5.75 Å². The molecule has 1 atom stereocenters. The van der Waals surface area contributed by atoms with Gasteiger partial charge in [-0.05, 0) is 42.6 Å². The van der Waals surface area contributed by atoms with Crippen LogP contribution in [0.25, 0.3) is 0 Å². The number of hydrogen-bond donors (Lipinski definition) is 1. The highest BCUT2D eigenvalue weighted by Gasteiger charge is 2.25. The van der Waals surface area contributed by atoms with Crippen LogP contribution in [0.1, 0.15) is 46.1 Å². The third-order valence-corrected chi connectivity index (χ3v) is 5.51. The number of benzene rings is 2. The second-order valence-corrected chi connectivity index (χ2v) is 7.71. The van der Waals surface area contributed by atoms with Crippen molar-refractivity contribution in [3.05, 3.63) is 83.2 Å². The Bertz CT molecular complexity index is 971. The molecule has 2 heterocycles. The highest BCUT2D eigenvalue weighted by Crippen LogP contribution is 2.27. The number of likely N-dealkylation sites (tertiary alicyclic amines) is 1. The van der Waals surface area contributed by atoms with E-state index in [4.69, 9.17) is 9.26 Å². The Labute approximate surface area is 176 Å². The van der Waals surface area contributed by atoms with Crippen LogP contribution in [0, 0.1) is 0 Å². The molecular formula is C24H27N3O3. The van der Waals surface area contributed by atoms with Gasteiger partial charge in [0.1, 0.15) is 5.75 Å². The number of carbonyl (C=O) groups is 1. The molecule has 2 aromatic carbocycles. The molecule has 30 heavy (non-hydrogen) atoms. The number of nitrogens with zero attached hydrogens (tertiary/aromatic N) is 2. The molecule has 156 valence electrons. The van der Waals surface area contributed by atoms with Crippen LogP contribution in [0.3, 0.4) is 0 Å². The van der Waals surface area contributed by atoms with E-state index in [0.717, 1.165) is 49.5 Å². The standard InChI is InChI=1S/C24H27N3O3/c1-29-21-11-5-9-19(13-21)15-25-24(28)23-14-22(26-30-23)20-10-6-12-27(17-20)16-18-7-3-2-4-8-18/h2-5,7-9,11,13-14,20H,6,10,12,15-17H2,1H3,(H,25,28)/t20-/m1/s1. The van der Waals surface area contributed by atoms with Crippen molar-refractivity contribution in [3.63, 3.8) is 0 Å². The van der Waals surface area contributed by atoms with E-state index in [0.29, 0.717) is 6.54 Å². The van der Waals surface area contributed by atoms with Gasteiger partial charge in [-0.15, -0.1) is 0 Å². The summed E-state index contributed by atoms with van der Waals surface area (Å²) in [7, 11) is 1.62. The van der Waals surface area contributed by atoms with E-state index in [1.807, 2.05) is 30.3 Å². The van der Waals surface area contributed by atoms with Crippen LogP contribution >= 0.6 is 0 Å². The Balaban J connectivity index is 1.34. The monoisotopic (exact) mass is 405 g/mol. The minimum atomic E-state index is -0.256. The first-order valence-electron chi connectivity index (χ1n) is 10.4. The molecule has 0 bridgehead atoms. The number of carbonyl (C=O) groups excluding carboxylic acids is 1. The first-order valence-corrected chi connectivity index (χ1v) is 10.4. The first-order chi connectivity index (χ1) is 14.7. The SMILES string of the molecule is COc1cccc(CNC(=O)c2cc([C@@H]3CCCN(Cc4ccccc4)C3)no2)c1. The fourth-order valence-corrected chi connectivity index (χ4v) is 3.92. The van der Waals surface area contributed by atoms with Crippen molar-refractivity contribution >= 4 is 5.91 Å². The van der Waals surface area contributed by atoms with Crippen molar-refractivity contribution in [2.24, 2.45) is 0 Å². The molecule has 0 spiro atoms. The zero-order valence-corrected chi connectivity index (χ0v) is 17.2. The fraction of sp³-hybridized carbons (Fsp3) is 0.333. The molecule has 0 radical (unpaired) electrons. The second-order valence-electron chi connectivity index (χ2n) is 7.71. The molecule has 4 rings (SSSR count). The van der Waals surface area contributed by atoms with E-state index in [9.17, 15) is 4.79 Å². The summed E-state index contributed by atoms with van der Waals surface area (Å²) in [5, 5.41) is 7.09. The van der Waals surface area contributed by atoms with Gasteiger partial charge in [0.2, 0.25) is 5.76 Å². The number of amides is 1. The average molecular weight is 405 g/mol. The summed E-state index contributed by atoms with van der Waals surface area (Å²) in [4.78, 5) is 14.9. The molecule has 0 saturated carbocycles. The molecule has 1 amide bonds. The summed E-state index contributed by atoms with van der Waals surface area (Å²) < 4.78 is 10.6. The Kier molecular flexibility index (Phi) is 6.44. The zero-order valence-electron chi connectivity index (χ0n) is 17.2. The van der Waals surface area contributed by atoms with Gasteiger partial charge in [0, 0.05) is 31.6 Å². The zero-order chi connectivity index (χ0) is 20.8. The maximum Gasteiger partial charge on any atom is 0.290 e. The first kappa shape index (κ1) is 20.2. The van der Waals surface area contributed by atoms with Gasteiger partial charge >= 0.3 is 0 Å². The molecule has 1 aliphatic rings. The van der Waals surface area contributed by atoms with E-state index in [1.54, 1.807) is 13.2 Å². The summed E-state index contributed by atoms with van der Waals surface area (Å²) in [6.07, 6.45) is 2.17. The number of ether oxygens (including phenoxy) is 1. The lowest BCUT2D eigenvalue weighted by Gasteiger charge is -2.31. The second kappa shape index (κ2) is 9.59. The maximum absolute atomic E-state index is 12.5. The van der Waals surface area contributed by atoms with Crippen LogP contribution < -0.4 is 10.1 Å². The topological polar surface area (TPSA) is 67.6 Å². The number of piperidine rings is 1. The smallest absolute Gasteiger partial charge is 0.290 e. The Hall–Kier alpha value is -3.12. The average Bonchev–Trinajstić information content (AvgIpc) is 3.29. The third kappa shape index (κ3) is 5.07. The predicted octanol–water partition coefficient (Wildman–Crippen LogP) is 3.99. The number of rotatable bonds is 7. The van der Waals surface area contributed by atoms with Gasteiger partial charge in [-0.3, -0.25) is 9.69 Å². The molecule has 0 aliphatic carbocycles. The summed E-state index contributed by atoms with van der Waals surface area (Å²) >= 11 is 0. The Morgan fingerprint density at radius 2 is 2.00 bits per heavy atom. The van der Waals surface area contributed by atoms with Crippen LogP contribution in [0.4, 0.5) is 0 Å². The largest absolute Gasteiger partial charge is 0.497 e. The molecule has 1 aromatic heterocycles. The van der Waals surface area contributed by atoms with Gasteiger partial charge < -0.3 is 14.6 Å². The van der Waals surface area contributed by atoms with Crippen LogP contribution in [0.2, 0.25) is 0 Å². The molecule has 1 aliphatic heterocycles. The molecular weight excluding hydrogens is 378 g/mol. The highest BCUT2D eigenvalue weighted by molar-refractivity contribution is 5.91. The van der Waals surface area contributed by atoms with E-state index in [1.165, 1.54) is 5.56 Å². The lowest BCUT2D eigenvalue weighted by atomic mass is 9.94. The summed E-state index contributed by atoms with van der Waals surface area (Å²) in [6, 6.07) is 19.9. The quantitative estimate of drug-likeness (QED) is 0.644. The predicted molar refractivity (Wildman–Crippen MR) is 114 cm³/mol. The summed E-state index contributed by atoms with van der Waals surface area (Å²) in [6.45, 7) is 3.34. The number of hydrogen-bond acceptors (Lipinski definition) is 5. The maximum atomic E-state index is 12.5. The number of methoxy groups -OCH3 is 1. The van der Waals surface area contributed by atoms with Crippen molar-refractivity contribution in [2.45, 2.75) is 31.8 Å². The Morgan fingerprint density at radius 1 is 1.17 bits per heavy atom. The molecule has 1 N–H and O–H groups in total. The highest BCUT2D eigenvalue weighted by atomic mass is 16.5. The van der Waals surface area contributed by atoms with E-state index < -0.39 is 0 Å². The minimum Gasteiger partial charge on any atom is -0.497 e. The molecule has 3 aromatic rings. The van der Waals surface area contributed by atoms with Crippen molar-refractivity contribution < 1.29 is 14.1 Å². The summed E-state index contributed by atoms with van der Waals surface area (Å²) in [5.74, 6) is 1.05.